The summed E-state index contributed by atoms with van der Waals surface area (Å²) in [6.45, 7) is 5.67. The molecule has 0 aliphatic carbocycles. The lowest BCUT2D eigenvalue weighted by Crippen LogP contribution is -2.53. The number of nitrogens with zero attached hydrogens (tertiary/aromatic N) is 3. The summed E-state index contributed by atoms with van der Waals surface area (Å²) in [4.78, 5) is 33.1. The number of carbonyl (C=O) groups excluding carboxylic acids is 2. The van der Waals surface area contributed by atoms with E-state index in [2.05, 4.69) is 35.2 Å². The molecule has 2 aliphatic heterocycles. The van der Waals surface area contributed by atoms with Crippen molar-refractivity contribution < 1.29 is 9.59 Å². The van der Waals surface area contributed by atoms with E-state index >= 15 is 0 Å². The molecule has 0 aromatic heterocycles. The molecule has 2 aliphatic rings. The topological polar surface area (TPSA) is 43.9 Å². The second-order valence-electron chi connectivity index (χ2n) is 9.52. The number of likely N-dealkylation sites (tertiary alicyclic amines) is 1. The van der Waals surface area contributed by atoms with Crippen molar-refractivity contribution in [3.63, 3.8) is 0 Å². The fourth-order valence-electron chi connectivity index (χ4n) is 5.33. The van der Waals surface area contributed by atoms with Crippen LogP contribution in [0.2, 0.25) is 0 Å². The Morgan fingerprint density at radius 2 is 1.50 bits per heavy atom. The lowest BCUT2D eigenvalue weighted by Gasteiger charge is -2.39. The molecule has 3 aromatic carbocycles. The summed E-state index contributed by atoms with van der Waals surface area (Å²) in [6.07, 6.45) is 2.79. The van der Waals surface area contributed by atoms with Crippen molar-refractivity contribution in [3.05, 3.63) is 83.9 Å². The molecular formula is C29H33N3O2. The average Bonchev–Trinajstić information content (AvgIpc) is 2.92. The minimum Gasteiger partial charge on any atom is -0.340 e. The molecule has 34 heavy (non-hydrogen) atoms. The Kier molecular flexibility index (Phi) is 6.91. The Bertz CT molecular complexity index is 1130. The third kappa shape index (κ3) is 5.00. The first kappa shape index (κ1) is 22.6. The van der Waals surface area contributed by atoms with Gasteiger partial charge in [-0.2, -0.15) is 0 Å². The van der Waals surface area contributed by atoms with E-state index in [0.29, 0.717) is 6.54 Å². The summed E-state index contributed by atoms with van der Waals surface area (Å²) >= 11 is 0. The molecule has 5 rings (SSSR count). The molecule has 5 nitrogen and oxygen atoms in total. The highest BCUT2D eigenvalue weighted by molar-refractivity contribution is 6.07. The molecule has 2 fully saturated rings. The van der Waals surface area contributed by atoms with Gasteiger partial charge < -0.3 is 9.80 Å². The molecule has 3 aromatic rings. The van der Waals surface area contributed by atoms with Gasteiger partial charge >= 0.3 is 0 Å². The number of amides is 2. The molecule has 2 heterocycles. The smallest absolute Gasteiger partial charge is 0.254 e. The van der Waals surface area contributed by atoms with E-state index in [0.717, 1.165) is 74.9 Å². The molecule has 1 atom stereocenters. The highest BCUT2D eigenvalue weighted by Gasteiger charge is 2.33. The van der Waals surface area contributed by atoms with Crippen LogP contribution in [0.1, 0.15) is 28.8 Å². The van der Waals surface area contributed by atoms with Gasteiger partial charge in [-0.15, -0.1) is 0 Å². The van der Waals surface area contributed by atoms with Gasteiger partial charge in [0.2, 0.25) is 5.91 Å². The van der Waals surface area contributed by atoms with Crippen LogP contribution >= 0.6 is 0 Å². The molecule has 176 valence electrons. The lowest BCUT2D eigenvalue weighted by molar-refractivity contribution is -0.138. The first-order chi connectivity index (χ1) is 16.7. The van der Waals surface area contributed by atoms with Gasteiger partial charge in [0, 0.05) is 51.4 Å². The van der Waals surface area contributed by atoms with E-state index in [1.165, 1.54) is 5.56 Å². The van der Waals surface area contributed by atoms with Crippen LogP contribution in [0.15, 0.2) is 72.8 Å². The fourth-order valence-corrected chi connectivity index (χ4v) is 5.33. The first-order valence-corrected chi connectivity index (χ1v) is 12.5. The summed E-state index contributed by atoms with van der Waals surface area (Å²) in [5.41, 5.74) is 2.09. The predicted octanol–water partition coefficient (Wildman–Crippen LogP) is 4.08. The van der Waals surface area contributed by atoms with Crippen LogP contribution in [-0.2, 0) is 11.2 Å². The third-order valence-corrected chi connectivity index (χ3v) is 7.32. The van der Waals surface area contributed by atoms with E-state index in [-0.39, 0.29) is 17.7 Å². The van der Waals surface area contributed by atoms with Gasteiger partial charge in [0.05, 0.1) is 5.92 Å². The van der Waals surface area contributed by atoms with Gasteiger partial charge in [0.25, 0.3) is 5.91 Å². The zero-order valence-corrected chi connectivity index (χ0v) is 19.7. The summed E-state index contributed by atoms with van der Waals surface area (Å²) in [5, 5.41) is 2.05. The number of piperidine rings is 1. The van der Waals surface area contributed by atoms with E-state index in [1.54, 1.807) is 0 Å². The molecular weight excluding hydrogens is 422 g/mol. The van der Waals surface area contributed by atoms with Gasteiger partial charge in [0.15, 0.2) is 0 Å². The van der Waals surface area contributed by atoms with Gasteiger partial charge in [-0.1, -0.05) is 66.7 Å². The Morgan fingerprint density at radius 1 is 0.765 bits per heavy atom. The van der Waals surface area contributed by atoms with Crippen molar-refractivity contribution in [1.29, 1.82) is 0 Å². The van der Waals surface area contributed by atoms with Gasteiger partial charge in [-0.3, -0.25) is 14.5 Å². The Hall–Kier alpha value is -3.18. The Balaban J connectivity index is 1.16. The van der Waals surface area contributed by atoms with Crippen LogP contribution in [0.4, 0.5) is 0 Å². The molecule has 0 spiro atoms. The number of benzene rings is 3. The second kappa shape index (κ2) is 10.4. The van der Waals surface area contributed by atoms with Crippen LogP contribution in [-0.4, -0.2) is 72.3 Å². The van der Waals surface area contributed by atoms with Crippen LogP contribution < -0.4 is 0 Å². The standard InChI is InChI=1S/C29H33N3O2/c33-28(31-20-18-30(19-21-31)17-15-23-8-2-1-3-9-23)25-12-7-16-32(22-25)29(34)27-14-6-11-24-10-4-5-13-26(24)27/h1-6,8-11,13-14,25H,7,12,15-22H2/t25-/m1/s1. The first-order valence-electron chi connectivity index (χ1n) is 12.5. The maximum absolute atomic E-state index is 13.4. The second-order valence-corrected chi connectivity index (χ2v) is 9.52. The van der Waals surface area contributed by atoms with E-state index in [4.69, 9.17) is 0 Å². The third-order valence-electron chi connectivity index (χ3n) is 7.32. The maximum atomic E-state index is 13.4. The number of fused-ring (bicyclic) bond motifs is 1. The van der Waals surface area contributed by atoms with Crippen LogP contribution in [0.25, 0.3) is 10.8 Å². The predicted molar refractivity (Wildman–Crippen MR) is 136 cm³/mol. The lowest BCUT2D eigenvalue weighted by atomic mass is 9.95. The number of hydrogen-bond donors (Lipinski definition) is 0. The zero-order valence-electron chi connectivity index (χ0n) is 19.7. The Morgan fingerprint density at radius 3 is 2.32 bits per heavy atom. The molecule has 0 bridgehead atoms. The Labute approximate surface area is 202 Å². The van der Waals surface area contributed by atoms with Crippen molar-refractivity contribution in [1.82, 2.24) is 14.7 Å². The SMILES string of the molecule is O=C(c1cccc2ccccc12)N1CCC[C@@H](C(=O)N2CCN(CCc3ccccc3)CC2)C1. The monoisotopic (exact) mass is 455 g/mol. The minimum atomic E-state index is -0.0939. The fraction of sp³-hybridized carbons (Fsp3) is 0.379. The van der Waals surface area contributed by atoms with Crippen LogP contribution in [0, 0.1) is 5.92 Å². The highest BCUT2D eigenvalue weighted by atomic mass is 16.2. The van der Waals surface area contributed by atoms with Crippen molar-refractivity contribution >= 4 is 22.6 Å². The average molecular weight is 456 g/mol. The van der Waals surface area contributed by atoms with Crippen LogP contribution in [0.5, 0.6) is 0 Å². The van der Waals surface area contributed by atoms with Crippen molar-refractivity contribution in [3.8, 4) is 0 Å². The zero-order chi connectivity index (χ0) is 23.3. The largest absolute Gasteiger partial charge is 0.340 e. The molecule has 0 radical (unpaired) electrons. The summed E-state index contributed by atoms with van der Waals surface area (Å²) < 4.78 is 0. The summed E-state index contributed by atoms with van der Waals surface area (Å²) in [5.74, 6) is 0.168. The number of hydrogen-bond acceptors (Lipinski definition) is 3. The number of rotatable bonds is 5. The minimum absolute atomic E-state index is 0.0417. The molecule has 2 amide bonds. The van der Waals surface area contributed by atoms with E-state index < -0.39 is 0 Å². The quantitative estimate of drug-likeness (QED) is 0.582. The van der Waals surface area contributed by atoms with Gasteiger partial charge in [-0.05, 0) is 41.7 Å². The van der Waals surface area contributed by atoms with Crippen LogP contribution in [0.3, 0.4) is 0 Å². The summed E-state index contributed by atoms with van der Waals surface area (Å²) in [7, 11) is 0. The molecule has 2 saturated heterocycles. The molecule has 5 heteroatoms. The van der Waals surface area contributed by atoms with Crippen molar-refractivity contribution in [2.24, 2.45) is 5.92 Å². The van der Waals surface area contributed by atoms with Gasteiger partial charge in [0.1, 0.15) is 0 Å². The highest BCUT2D eigenvalue weighted by Crippen LogP contribution is 2.25. The van der Waals surface area contributed by atoms with E-state index in [9.17, 15) is 9.59 Å². The summed E-state index contributed by atoms with van der Waals surface area (Å²) in [6, 6.07) is 24.5. The molecule has 0 unspecified atom stereocenters. The van der Waals surface area contributed by atoms with E-state index in [1.807, 2.05) is 52.3 Å². The maximum Gasteiger partial charge on any atom is 0.254 e. The molecule has 0 N–H and O–H groups in total. The normalized spacial score (nSPS) is 19.4. The number of piperazine rings is 1. The van der Waals surface area contributed by atoms with Crippen molar-refractivity contribution in [2.75, 3.05) is 45.8 Å². The van der Waals surface area contributed by atoms with Gasteiger partial charge in [-0.25, -0.2) is 0 Å². The number of carbonyl (C=O) groups is 2. The molecule has 0 saturated carbocycles. The van der Waals surface area contributed by atoms with Crippen molar-refractivity contribution in [2.45, 2.75) is 19.3 Å².